The van der Waals surface area contributed by atoms with Crippen LogP contribution in [-0.4, -0.2) is 13.2 Å². The summed E-state index contributed by atoms with van der Waals surface area (Å²) in [6.45, 7) is 6.55. The van der Waals surface area contributed by atoms with Crippen molar-refractivity contribution < 1.29 is 4.74 Å². The van der Waals surface area contributed by atoms with Gasteiger partial charge in [-0.25, -0.2) is 0 Å². The summed E-state index contributed by atoms with van der Waals surface area (Å²) in [5.74, 6) is 1.74. The molecule has 1 rings (SSSR count). The van der Waals surface area contributed by atoms with Gasteiger partial charge in [0.2, 0.25) is 0 Å². The molecular weight excluding hydrogens is 124 g/mol. The molecule has 0 atom stereocenters. The van der Waals surface area contributed by atoms with Crippen molar-refractivity contribution in [3.05, 3.63) is 0 Å². The van der Waals surface area contributed by atoms with Gasteiger partial charge in [0.15, 0.2) is 0 Å². The molecule has 0 aromatic heterocycles. The lowest BCUT2D eigenvalue weighted by molar-refractivity contribution is -0.0406. The summed E-state index contributed by atoms with van der Waals surface area (Å²) in [5, 5.41) is 0. The molecule has 0 unspecified atom stereocenters. The summed E-state index contributed by atoms with van der Waals surface area (Å²) in [7, 11) is 0. The van der Waals surface area contributed by atoms with Gasteiger partial charge < -0.3 is 4.74 Å². The van der Waals surface area contributed by atoms with E-state index >= 15 is 0 Å². The van der Waals surface area contributed by atoms with Crippen molar-refractivity contribution in [3.8, 4) is 0 Å². The molecule has 1 nitrogen and oxygen atoms in total. The van der Waals surface area contributed by atoms with Crippen LogP contribution in [0.4, 0.5) is 0 Å². The van der Waals surface area contributed by atoms with Crippen molar-refractivity contribution in [3.63, 3.8) is 0 Å². The van der Waals surface area contributed by atoms with Gasteiger partial charge >= 0.3 is 0 Å². The van der Waals surface area contributed by atoms with Crippen LogP contribution in [0, 0.1) is 11.8 Å². The van der Waals surface area contributed by atoms with Crippen LogP contribution in [0.25, 0.3) is 0 Å². The highest BCUT2D eigenvalue weighted by molar-refractivity contribution is 4.66. The summed E-state index contributed by atoms with van der Waals surface area (Å²) < 4.78 is 5.04. The first-order chi connectivity index (χ1) is 3.79. The van der Waals surface area contributed by atoms with E-state index < -0.39 is 0 Å². The molecule has 0 N–H and O–H groups in total. The Morgan fingerprint density at radius 2 is 1.80 bits per heavy atom. The molecule has 0 aromatic carbocycles. The van der Waals surface area contributed by atoms with Gasteiger partial charge in [0.05, 0.1) is 13.2 Å². The van der Waals surface area contributed by atoms with Crippen molar-refractivity contribution in [1.29, 1.82) is 0 Å². The highest BCUT2D eigenvalue weighted by Gasteiger charge is 2.18. The molecular formula is C9H22O. The van der Waals surface area contributed by atoms with Gasteiger partial charge in [-0.1, -0.05) is 28.7 Å². The lowest BCUT2D eigenvalue weighted by Gasteiger charge is -2.27. The molecule has 64 valence electrons. The van der Waals surface area contributed by atoms with Crippen molar-refractivity contribution in [1.82, 2.24) is 0 Å². The second-order valence-corrected chi connectivity index (χ2v) is 3.03. The number of ether oxygens (including phenoxy) is 1. The molecule has 1 heteroatoms. The van der Waals surface area contributed by atoms with Crippen molar-refractivity contribution >= 4 is 0 Å². The summed E-state index contributed by atoms with van der Waals surface area (Å²) in [4.78, 5) is 0. The van der Waals surface area contributed by atoms with Gasteiger partial charge in [-0.2, -0.15) is 0 Å². The van der Waals surface area contributed by atoms with E-state index in [1.165, 1.54) is 6.42 Å². The summed E-state index contributed by atoms with van der Waals surface area (Å²) in [6.07, 6.45) is 1.35. The molecule has 0 amide bonds. The maximum absolute atomic E-state index is 5.04. The predicted octanol–water partition coefficient (Wildman–Crippen LogP) is 2.95. The Bertz CT molecular complexity index is 65.1. The average molecular weight is 146 g/mol. The maximum atomic E-state index is 5.04. The van der Waals surface area contributed by atoms with Gasteiger partial charge in [0.25, 0.3) is 0 Å². The van der Waals surface area contributed by atoms with E-state index in [-0.39, 0.29) is 14.9 Å². The second kappa shape index (κ2) is 5.72. The van der Waals surface area contributed by atoms with Crippen LogP contribution in [0.5, 0.6) is 0 Å². The van der Waals surface area contributed by atoms with Crippen LogP contribution in [0.1, 0.15) is 35.1 Å². The molecule has 0 aliphatic carbocycles. The van der Waals surface area contributed by atoms with E-state index in [4.69, 9.17) is 4.74 Å². The van der Waals surface area contributed by atoms with E-state index in [0.717, 1.165) is 25.0 Å². The topological polar surface area (TPSA) is 9.23 Å². The van der Waals surface area contributed by atoms with E-state index in [9.17, 15) is 0 Å². The number of hydrogen-bond donors (Lipinski definition) is 0. The number of rotatable bonds is 2. The van der Waals surface area contributed by atoms with Crippen LogP contribution in [0.2, 0.25) is 0 Å². The fourth-order valence-corrected chi connectivity index (χ4v) is 1.09. The molecule has 1 fully saturated rings. The largest absolute Gasteiger partial charge is 0.381 e. The first-order valence-electron chi connectivity index (χ1n) is 3.37. The zero-order valence-electron chi connectivity index (χ0n) is 5.68. The molecule has 0 radical (unpaired) electrons. The maximum Gasteiger partial charge on any atom is 0.0516 e. The van der Waals surface area contributed by atoms with Crippen molar-refractivity contribution in [2.45, 2.75) is 35.1 Å². The van der Waals surface area contributed by atoms with Gasteiger partial charge in [-0.15, -0.1) is 0 Å². The fraction of sp³-hybridized carbons (Fsp3) is 1.00. The van der Waals surface area contributed by atoms with Crippen LogP contribution in [-0.2, 0) is 4.74 Å². The van der Waals surface area contributed by atoms with Crippen LogP contribution < -0.4 is 0 Å². The standard InChI is InChI=1S/C7H14O.2CH4/c1-6(2)3-7-4-8-5-7;;/h6-7H,3-5H2,1-2H3;2*1H4. The van der Waals surface area contributed by atoms with Crippen molar-refractivity contribution in [2.75, 3.05) is 13.2 Å². The third-order valence-corrected chi connectivity index (χ3v) is 1.51. The monoisotopic (exact) mass is 146 g/mol. The Balaban J connectivity index is 0. The Hall–Kier alpha value is -0.0400. The zero-order valence-corrected chi connectivity index (χ0v) is 5.68. The Morgan fingerprint density at radius 1 is 1.30 bits per heavy atom. The Kier molecular flexibility index (Phi) is 7.22. The van der Waals surface area contributed by atoms with Gasteiger partial charge in [-0.3, -0.25) is 0 Å². The quantitative estimate of drug-likeness (QED) is 0.582. The highest BCUT2D eigenvalue weighted by atomic mass is 16.5. The molecule has 0 bridgehead atoms. The van der Waals surface area contributed by atoms with Crippen LogP contribution >= 0.6 is 0 Å². The minimum atomic E-state index is 0. The third-order valence-electron chi connectivity index (χ3n) is 1.51. The molecule has 1 aliphatic rings. The first-order valence-corrected chi connectivity index (χ1v) is 3.37. The molecule has 10 heavy (non-hydrogen) atoms. The molecule has 0 spiro atoms. The zero-order chi connectivity index (χ0) is 5.98. The first kappa shape index (κ1) is 12.6. The third kappa shape index (κ3) is 3.89. The van der Waals surface area contributed by atoms with Crippen molar-refractivity contribution in [2.24, 2.45) is 11.8 Å². The molecule has 1 aliphatic heterocycles. The van der Waals surface area contributed by atoms with E-state index in [2.05, 4.69) is 13.8 Å². The second-order valence-electron chi connectivity index (χ2n) is 3.03. The minimum absolute atomic E-state index is 0. The Labute approximate surface area is 65.8 Å². The lowest BCUT2D eigenvalue weighted by atomic mass is 9.96. The van der Waals surface area contributed by atoms with E-state index in [1.807, 2.05) is 0 Å². The van der Waals surface area contributed by atoms with E-state index in [1.54, 1.807) is 0 Å². The highest BCUT2D eigenvalue weighted by Crippen LogP contribution is 2.18. The normalized spacial score (nSPS) is 17.1. The smallest absolute Gasteiger partial charge is 0.0516 e. The molecule has 1 heterocycles. The number of hydrogen-bond acceptors (Lipinski definition) is 1. The van der Waals surface area contributed by atoms with Gasteiger partial charge in [-0.05, 0) is 12.3 Å². The van der Waals surface area contributed by atoms with E-state index in [0.29, 0.717) is 0 Å². The summed E-state index contributed by atoms with van der Waals surface area (Å²) in [5.41, 5.74) is 0. The van der Waals surface area contributed by atoms with Gasteiger partial charge in [0, 0.05) is 5.92 Å². The van der Waals surface area contributed by atoms with Crippen LogP contribution in [0.3, 0.4) is 0 Å². The Morgan fingerprint density at radius 3 is 1.90 bits per heavy atom. The lowest BCUT2D eigenvalue weighted by Crippen LogP contribution is -2.28. The minimum Gasteiger partial charge on any atom is -0.381 e. The van der Waals surface area contributed by atoms with Gasteiger partial charge in [0.1, 0.15) is 0 Å². The fourth-order valence-electron chi connectivity index (χ4n) is 1.09. The SMILES string of the molecule is C.C.CC(C)CC1COC1. The summed E-state index contributed by atoms with van der Waals surface area (Å²) in [6, 6.07) is 0. The molecule has 0 aromatic rings. The summed E-state index contributed by atoms with van der Waals surface area (Å²) >= 11 is 0. The molecule has 0 saturated carbocycles. The predicted molar refractivity (Wildman–Crippen MR) is 47.2 cm³/mol. The molecule has 1 saturated heterocycles. The van der Waals surface area contributed by atoms with Crippen LogP contribution in [0.15, 0.2) is 0 Å². The average Bonchev–Trinajstić information content (AvgIpc) is 1.55.